The van der Waals surface area contributed by atoms with Gasteiger partial charge in [-0.2, -0.15) is 11.8 Å². The summed E-state index contributed by atoms with van der Waals surface area (Å²) in [4.78, 5) is 2.47. The number of halogens is 1. The third kappa shape index (κ3) is 3.99. The van der Waals surface area contributed by atoms with Gasteiger partial charge >= 0.3 is 0 Å². The van der Waals surface area contributed by atoms with Crippen LogP contribution in [0.4, 0.5) is 0 Å². The van der Waals surface area contributed by atoms with Gasteiger partial charge in [0.05, 0.1) is 0 Å². The Morgan fingerprint density at radius 2 is 2.33 bits per heavy atom. The molecular weight excluding hydrogens is 192 g/mol. The van der Waals surface area contributed by atoms with Crippen LogP contribution >= 0.6 is 24.2 Å². The van der Waals surface area contributed by atoms with Gasteiger partial charge < -0.3 is 10.6 Å². The highest BCUT2D eigenvalue weighted by Crippen LogP contribution is 2.18. The molecule has 0 saturated carbocycles. The Balaban J connectivity index is 0.00000121. The van der Waals surface area contributed by atoms with Crippen LogP contribution in [0.5, 0.6) is 0 Å². The maximum atomic E-state index is 5.48. The average Bonchev–Trinajstić information content (AvgIpc) is 2.38. The second-order valence-electron chi connectivity index (χ2n) is 3.20. The molecule has 1 rings (SSSR count). The van der Waals surface area contributed by atoms with Crippen molar-refractivity contribution >= 4 is 24.2 Å². The minimum atomic E-state index is 0. The minimum absolute atomic E-state index is 0. The van der Waals surface area contributed by atoms with Crippen molar-refractivity contribution in [3.05, 3.63) is 0 Å². The molecule has 1 unspecified atom stereocenters. The van der Waals surface area contributed by atoms with E-state index in [-0.39, 0.29) is 12.4 Å². The molecule has 1 aliphatic heterocycles. The van der Waals surface area contributed by atoms with Gasteiger partial charge in [0.2, 0.25) is 0 Å². The van der Waals surface area contributed by atoms with Gasteiger partial charge in [0.1, 0.15) is 0 Å². The van der Waals surface area contributed by atoms with Gasteiger partial charge in [-0.25, -0.2) is 0 Å². The first kappa shape index (κ1) is 12.6. The predicted octanol–water partition coefficient (Wildman–Crippen LogP) is 1.05. The number of nitrogens with two attached hydrogens (primary N) is 1. The van der Waals surface area contributed by atoms with Crippen LogP contribution in [-0.4, -0.2) is 43.1 Å². The van der Waals surface area contributed by atoms with Gasteiger partial charge in [0.25, 0.3) is 0 Å². The van der Waals surface area contributed by atoms with Gasteiger partial charge in [-0.3, -0.25) is 0 Å². The Morgan fingerprint density at radius 1 is 1.58 bits per heavy atom. The van der Waals surface area contributed by atoms with Gasteiger partial charge in [0, 0.05) is 19.6 Å². The van der Waals surface area contributed by atoms with Gasteiger partial charge in [-0.05, 0) is 30.9 Å². The third-order valence-corrected chi connectivity index (χ3v) is 3.02. The van der Waals surface area contributed by atoms with Crippen molar-refractivity contribution in [3.8, 4) is 0 Å². The van der Waals surface area contributed by atoms with Crippen molar-refractivity contribution in [1.82, 2.24) is 4.90 Å². The molecule has 1 aliphatic rings. The number of rotatable bonds is 4. The lowest BCUT2D eigenvalue weighted by Crippen LogP contribution is -2.27. The molecule has 1 atom stereocenters. The normalized spacial score (nSPS) is 24.0. The van der Waals surface area contributed by atoms with Crippen LogP contribution in [0.15, 0.2) is 0 Å². The average molecular weight is 211 g/mol. The number of nitrogens with zero attached hydrogens (tertiary/aromatic N) is 1. The summed E-state index contributed by atoms with van der Waals surface area (Å²) < 4.78 is 0. The smallest absolute Gasteiger partial charge is 0.0105 e. The number of hydrogen-bond donors (Lipinski definition) is 1. The maximum Gasteiger partial charge on any atom is 0.0105 e. The Labute approximate surface area is 85.7 Å². The topological polar surface area (TPSA) is 29.3 Å². The lowest BCUT2D eigenvalue weighted by atomic mass is 10.2. The molecule has 1 fully saturated rings. The molecular formula is C8H19ClN2S. The molecule has 0 radical (unpaired) electrons. The summed E-state index contributed by atoms with van der Waals surface area (Å²) in [6.07, 6.45) is 3.56. The maximum absolute atomic E-state index is 5.48. The highest BCUT2D eigenvalue weighted by molar-refractivity contribution is 7.98. The van der Waals surface area contributed by atoms with E-state index in [1.54, 1.807) is 0 Å². The summed E-state index contributed by atoms with van der Waals surface area (Å²) in [5, 5.41) is 0. The van der Waals surface area contributed by atoms with Crippen LogP contribution in [0.2, 0.25) is 0 Å². The van der Waals surface area contributed by atoms with Crippen molar-refractivity contribution in [2.45, 2.75) is 6.42 Å². The highest BCUT2D eigenvalue weighted by Gasteiger charge is 2.20. The van der Waals surface area contributed by atoms with Crippen LogP contribution in [0.3, 0.4) is 0 Å². The van der Waals surface area contributed by atoms with E-state index in [1.807, 2.05) is 11.8 Å². The van der Waals surface area contributed by atoms with E-state index < -0.39 is 0 Å². The van der Waals surface area contributed by atoms with Crippen molar-refractivity contribution in [2.24, 2.45) is 11.7 Å². The largest absolute Gasteiger partial charge is 0.329 e. The van der Waals surface area contributed by atoms with Crippen LogP contribution in [-0.2, 0) is 0 Å². The summed E-state index contributed by atoms with van der Waals surface area (Å²) >= 11 is 1.96. The van der Waals surface area contributed by atoms with Crippen molar-refractivity contribution in [2.75, 3.05) is 38.2 Å². The molecule has 2 N–H and O–H groups in total. The molecule has 12 heavy (non-hydrogen) atoms. The lowest BCUT2D eigenvalue weighted by Gasteiger charge is -2.13. The molecule has 2 nitrogen and oxygen atoms in total. The molecule has 0 aromatic rings. The van der Waals surface area contributed by atoms with Crippen molar-refractivity contribution < 1.29 is 0 Å². The minimum Gasteiger partial charge on any atom is -0.329 e. The van der Waals surface area contributed by atoms with E-state index in [0.717, 1.165) is 19.0 Å². The summed E-state index contributed by atoms with van der Waals surface area (Å²) in [7, 11) is 0. The van der Waals surface area contributed by atoms with E-state index >= 15 is 0 Å². The van der Waals surface area contributed by atoms with E-state index in [9.17, 15) is 0 Å². The second-order valence-corrected chi connectivity index (χ2v) is 4.11. The summed E-state index contributed by atoms with van der Waals surface area (Å²) in [6, 6.07) is 0. The number of thioether (sulfide) groups is 1. The first-order valence-corrected chi connectivity index (χ1v) is 5.67. The Hall–Kier alpha value is 0.560. The van der Waals surface area contributed by atoms with E-state index in [0.29, 0.717) is 0 Å². The van der Waals surface area contributed by atoms with Crippen LogP contribution < -0.4 is 5.73 Å². The molecule has 1 heterocycles. The molecule has 0 bridgehead atoms. The third-order valence-electron chi connectivity index (χ3n) is 2.22. The van der Waals surface area contributed by atoms with Crippen LogP contribution in [0, 0.1) is 5.92 Å². The van der Waals surface area contributed by atoms with Crippen LogP contribution in [0.25, 0.3) is 0 Å². The fourth-order valence-electron chi connectivity index (χ4n) is 1.67. The predicted molar refractivity (Wildman–Crippen MR) is 59.2 cm³/mol. The molecule has 0 aromatic carbocycles. The SMILES string of the molecule is CSCC1CCN(CCN)C1.Cl. The summed E-state index contributed by atoms with van der Waals surface area (Å²) in [5.41, 5.74) is 5.48. The molecule has 4 heteroatoms. The Kier molecular flexibility index (Phi) is 7.34. The zero-order chi connectivity index (χ0) is 8.10. The summed E-state index contributed by atoms with van der Waals surface area (Å²) in [5.74, 6) is 2.25. The zero-order valence-corrected chi connectivity index (χ0v) is 9.29. The summed E-state index contributed by atoms with van der Waals surface area (Å²) in [6.45, 7) is 4.44. The molecule has 0 spiro atoms. The lowest BCUT2D eigenvalue weighted by molar-refractivity contribution is 0.338. The molecule has 1 saturated heterocycles. The van der Waals surface area contributed by atoms with E-state index in [4.69, 9.17) is 5.73 Å². The first-order chi connectivity index (χ1) is 5.36. The zero-order valence-electron chi connectivity index (χ0n) is 7.66. The Bertz CT molecular complexity index is 101. The molecule has 74 valence electrons. The van der Waals surface area contributed by atoms with Gasteiger partial charge in [0.15, 0.2) is 0 Å². The monoisotopic (exact) mass is 210 g/mol. The molecule has 0 aromatic heterocycles. The van der Waals surface area contributed by atoms with Crippen LogP contribution in [0.1, 0.15) is 6.42 Å². The van der Waals surface area contributed by atoms with Gasteiger partial charge in [-0.15, -0.1) is 12.4 Å². The molecule has 0 aliphatic carbocycles. The van der Waals surface area contributed by atoms with Crippen molar-refractivity contribution in [3.63, 3.8) is 0 Å². The fourth-order valence-corrected chi connectivity index (χ4v) is 2.41. The number of likely N-dealkylation sites (tertiary alicyclic amines) is 1. The quantitative estimate of drug-likeness (QED) is 0.753. The van der Waals surface area contributed by atoms with E-state index in [1.165, 1.54) is 25.3 Å². The first-order valence-electron chi connectivity index (χ1n) is 4.28. The van der Waals surface area contributed by atoms with Crippen molar-refractivity contribution in [1.29, 1.82) is 0 Å². The van der Waals surface area contributed by atoms with E-state index in [2.05, 4.69) is 11.2 Å². The highest BCUT2D eigenvalue weighted by atomic mass is 35.5. The standard InChI is InChI=1S/C8H18N2S.ClH/c1-11-7-8-2-4-10(6-8)5-3-9;/h8H,2-7,9H2,1H3;1H. The van der Waals surface area contributed by atoms with Gasteiger partial charge in [-0.1, -0.05) is 0 Å². The fraction of sp³-hybridized carbons (Fsp3) is 1.00. The molecule has 0 amide bonds. The number of hydrogen-bond acceptors (Lipinski definition) is 3. The second kappa shape index (κ2) is 7.01. The Morgan fingerprint density at radius 3 is 2.92 bits per heavy atom.